The molecule has 3 heteroatoms. The Morgan fingerprint density at radius 3 is 2.73 bits per heavy atom. The molecule has 0 aliphatic heterocycles. The second-order valence-electron chi connectivity index (χ2n) is 4.40. The highest BCUT2D eigenvalue weighted by Gasteiger charge is 2.30. The highest BCUT2D eigenvalue weighted by Crippen LogP contribution is 2.36. The number of aliphatic hydroxyl groups excluding tert-OH is 1. The van der Waals surface area contributed by atoms with E-state index in [2.05, 4.69) is 22.4 Å². The number of pyridine rings is 1. The van der Waals surface area contributed by atoms with E-state index < -0.39 is 0 Å². The van der Waals surface area contributed by atoms with Crippen molar-refractivity contribution in [2.45, 2.75) is 37.8 Å². The van der Waals surface area contributed by atoms with Crippen LogP contribution >= 0.6 is 0 Å². The Morgan fingerprint density at radius 1 is 1.47 bits per heavy atom. The molecule has 0 spiro atoms. The van der Waals surface area contributed by atoms with Crippen molar-refractivity contribution in [2.24, 2.45) is 0 Å². The van der Waals surface area contributed by atoms with Crippen LogP contribution in [-0.4, -0.2) is 28.8 Å². The summed E-state index contributed by atoms with van der Waals surface area (Å²) in [4.78, 5) is 4.02. The Bertz CT molecular complexity index is 296. The summed E-state index contributed by atoms with van der Waals surface area (Å²) in [6.07, 6.45) is 6.06. The SMILES string of the molecule is C[C@@H](CO)NC1CC(c2ccncc2)C1. The fraction of sp³-hybridized carbons (Fsp3) is 0.583. The molecule has 82 valence electrons. The maximum atomic E-state index is 8.92. The second kappa shape index (κ2) is 4.73. The highest BCUT2D eigenvalue weighted by molar-refractivity contribution is 5.19. The molecular formula is C12H18N2O. The summed E-state index contributed by atoms with van der Waals surface area (Å²) in [6.45, 7) is 2.23. The summed E-state index contributed by atoms with van der Waals surface area (Å²) in [7, 11) is 0. The van der Waals surface area contributed by atoms with Crippen LogP contribution in [0.3, 0.4) is 0 Å². The van der Waals surface area contributed by atoms with E-state index in [1.165, 1.54) is 18.4 Å². The van der Waals surface area contributed by atoms with Crippen LogP contribution in [-0.2, 0) is 0 Å². The minimum atomic E-state index is 0.216. The zero-order chi connectivity index (χ0) is 10.7. The molecule has 1 saturated carbocycles. The lowest BCUT2D eigenvalue weighted by atomic mass is 9.76. The normalized spacial score (nSPS) is 27.1. The monoisotopic (exact) mass is 206 g/mol. The van der Waals surface area contributed by atoms with Crippen LogP contribution in [0.1, 0.15) is 31.2 Å². The van der Waals surface area contributed by atoms with Crippen molar-refractivity contribution in [3.05, 3.63) is 30.1 Å². The van der Waals surface area contributed by atoms with Gasteiger partial charge in [-0.3, -0.25) is 4.98 Å². The van der Waals surface area contributed by atoms with Crippen LogP contribution in [0.4, 0.5) is 0 Å². The van der Waals surface area contributed by atoms with Gasteiger partial charge in [0.05, 0.1) is 6.61 Å². The molecule has 15 heavy (non-hydrogen) atoms. The van der Waals surface area contributed by atoms with Crippen molar-refractivity contribution in [3.63, 3.8) is 0 Å². The minimum absolute atomic E-state index is 0.216. The second-order valence-corrected chi connectivity index (χ2v) is 4.40. The van der Waals surface area contributed by atoms with Gasteiger partial charge in [-0.1, -0.05) is 0 Å². The van der Waals surface area contributed by atoms with E-state index in [0.717, 1.165) is 0 Å². The van der Waals surface area contributed by atoms with Crippen LogP contribution in [0.25, 0.3) is 0 Å². The van der Waals surface area contributed by atoms with Gasteiger partial charge in [-0.15, -0.1) is 0 Å². The first-order chi connectivity index (χ1) is 7.29. The van der Waals surface area contributed by atoms with Crippen LogP contribution in [0.15, 0.2) is 24.5 Å². The van der Waals surface area contributed by atoms with E-state index in [1.807, 2.05) is 19.3 Å². The van der Waals surface area contributed by atoms with Crippen molar-refractivity contribution in [1.29, 1.82) is 0 Å². The Hall–Kier alpha value is -0.930. The molecular weight excluding hydrogens is 188 g/mol. The van der Waals surface area contributed by atoms with E-state index in [1.54, 1.807) is 0 Å². The van der Waals surface area contributed by atoms with Crippen LogP contribution in [0.5, 0.6) is 0 Å². The molecule has 1 atom stereocenters. The maximum absolute atomic E-state index is 8.92. The Balaban J connectivity index is 1.79. The van der Waals surface area contributed by atoms with Crippen molar-refractivity contribution >= 4 is 0 Å². The third kappa shape index (κ3) is 2.55. The Labute approximate surface area is 90.5 Å². The van der Waals surface area contributed by atoms with Gasteiger partial charge >= 0.3 is 0 Å². The topological polar surface area (TPSA) is 45.1 Å². The standard InChI is InChI=1S/C12H18N2O/c1-9(8-15)14-12-6-11(7-12)10-2-4-13-5-3-10/h2-5,9,11-12,14-15H,6-8H2,1H3/t9-,11?,12?/m0/s1. The summed E-state index contributed by atoms with van der Waals surface area (Å²) in [6, 6.07) is 4.98. The third-order valence-electron chi connectivity index (χ3n) is 3.11. The van der Waals surface area contributed by atoms with Gasteiger partial charge in [0.1, 0.15) is 0 Å². The highest BCUT2D eigenvalue weighted by atomic mass is 16.3. The van der Waals surface area contributed by atoms with Crippen molar-refractivity contribution < 1.29 is 5.11 Å². The first kappa shape index (κ1) is 10.6. The number of rotatable bonds is 4. The van der Waals surface area contributed by atoms with E-state index in [9.17, 15) is 0 Å². The molecule has 0 bridgehead atoms. The number of hydrogen-bond donors (Lipinski definition) is 2. The Morgan fingerprint density at radius 2 is 2.13 bits per heavy atom. The van der Waals surface area contributed by atoms with Gasteiger partial charge in [-0.2, -0.15) is 0 Å². The molecule has 1 aromatic heterocycles. The van der Waals surface area contributed by atoms with Crippen molar-refractivity contribution in [3.8, 4) is 0 Å². The number of aromatic nitrogens is 1. The van der Waals surface area contributed by atoms with Crippen LogP contribution in [0.2, 0.25) is 0 Å². The fourth-order valence-corrected chi connectivity index (χ4v) is 2.12. The van der Waals surface area contributed by atoms with Gasteiger partial charge in [-0.05, 0) is 43.4 Å². The largest absolute Gasteiger partial charge is 0.395 e. The zero-order valence-electron chi connectivity index (χ0n) is 9.06. The van der Waals surface area contributed by atoms with Crippen molar-refractivity contribution in [2.75, 3.05) is 6.61 Å². The van der Waals surface area contributed by atoms with Crippen LogP contribution < -0.4 is 5.32 Å². The lowest BCUT2D eigenvalue weighted by Crippen LogP contribution is -2.45. The maximum Gasteiger partial charge on any atom is 0.0582 e. The smallest absolute Gasteiger partial charge is 0.0582 e. The summed E-state index contributed by atoms with van der Waals surface area (Å²) in [5.41, 5.74) is 1.39. The Kier molecular flexibility index (Phi) is 3.34. The summed E-state index contributed by atoms with van der Waals surface area (Å²) in [5, 5.41) is 12.3. The quantitative estimate of drug-likeness (QED) is 0.780. The molecule has 1 aliphatic rings. The molecule has 2 rings (SSSR count). The summed E-state index contributed by atoms with van der Waals surface area (Å²) < 4.78 is 0. The van der Waals surface area contributed by atoms with Gasteiger partial charge in [0.25, 0.3) is 0 Å². The molecule has 0 unspecified atom stereocenters. The van der Waals surface area contributed by atoms with Gasteiger partial charge in [0, 0.05) is 24.5 Å². The van der Waals surface area contributed by atoms with E-state index in [4.69, 9.17) is 5.11 Å². The van der Waals surface area contributed by atoms with Crippen LogP contribution in [0, 0.1) is 0 Å². The van der Waals surface area contributed by atoms with E-state index in [-0.39, 0.29) is 12.6 Å². The molecule has 1 heterocycles. The molecule has 0 radical (unpaired) electrons. The number of nitrogens with one attached hydrogen (secondary N) is 1. The molecule has 2 N–H and O–H groups in total. The molecule has 1 aromatic rings. The summed E-state index contributed by atoms with van der Waals surface area (Å²) >= 11 is 0. The summed E-state index contributed by atoms with van der Waals surface area (Å²) in [5.74, 6) is 0.677. The average molecular weight is 206 g/mol. The lowest BCUT2D eigenvalue weighted by molar-refractivity contribution is 0.204. The molecule has 3 nitrogen and oxygen atoms in total. The zero-order valence-corrected chi connectivity index (χ0v) is 9.06. The predicted molar refractivity (Wildman–Crippen MR) is 59.7 cm³/mol. The molecule has 0 amide bonds. The fourth-order valence-electron chi connectivity index (χ4n) is 2.12. The predicted octanol–water partition coefficient (Wildman–Crippen LogP) is 1.30. The van der Waals surface area contributed by atoms with Gasteiger partial charge in [-0.25, -0.2) is 0 Å². The van der Waals surface area contributed by atoms with E-state index >= 15 is 0 Å². The third-order valence-corrected chi connectivity index (χ3v) is 3.11. The molecule has 1 fully saturated rings. The van der Waals surface area contributed by atoms with E-state index in [0.29, 0.717) is 12.0 Å². The molecule has 1 aliphatic carbocycles. The number of aliphatic hydroxyl groups is 1. The molecule has 0 aromatic carbocycles. The van der Waals surface area contributed by atoms with Gasteiger partial charge in [0.15, 0.2) is 0 Å². The number of nitrogens with zero attached hydrogens (tertiary/aromatic N) is 1. The van der Waals surface area contributed by atoms with Crippen molar-refractivity contribution in [1.82, 2.24) is 10.3 Å². The minimum Gasteiger partial charge on any atom is -0.395 e. The molecule has 0 saturated heterocycles. The number of hydrogen-bond acceptors (Lipinski definition) is 3. The van der Waals surface area contributed by atoms with Gasteiger partial charge < -0.3 is 10.4 Å². The van der Waals surface area contributed by atoms with Gasteiger partial charge in [0.2, 0.25) is 0 Å². The average Bonchev–Trinajstić information content (AvgIpc) is 2.23. The first-order valence-electron chi connectivity index (χ1n) is 5.56. The lowest BCUT2D eigenvalue weighted by Gasteiger charge is -2.37. The first-order valence-corrected chi connectivity index (χ1v) is 5.56.